The van der Waals surface area contributed by atoms with Gasteiger partial charge in [-0.3, -0.25) is 4.79 Å². The number of nitriles is 1. The van der Waals surface area contributed by atoms with Crippen molar-refractivity contribution in [3.63, 3.8) is 0 Å². The number of carbonyl (C=O) groups is 1. The Balaban J connectivity index is 1.51. The first-order valence-corrected chi connectivity index (χ1v) is 10.5. The molecule has 0 atom stereocenters. The molecule has 158 valence electrons. The third-order valence-corrected chi connectivity index (χ3v) is 5.97. The van der Waals surface area contributed by atoms with Crippen molar-refractivity contribution >= 4 is 5.91 Å². The van der Waals surface area contributed by atoms with E-state index in [1.165, 1.54) is 10.9 Å². The smallest absolute Gasteiger partial charge is 0.253 e. The van der Waals surface area contributed by atoms with Crippen LogP contribution in [0.2, 0.25) is 0 Å². The molecule has 1 aliphatic carbocycles. The molecule has 7 heteroatoms. The molecule has 2 heterocycles. The van der Waals surface area contributed by atoms with E-state index in [4.69, 9.17) is 5.26 Å². The number of benzene rings is 1. The highest BCUT2D eigenvalue weighted by Crippen LogP contribution is 2.33. The highest BCUT2D eigenvalue weighted by Gasteiger charge is 2.21. The number of amides is 1. The maximum Gasteiger partial charge on any atom is 0.253 e. The summed E-state index contributed by atoms with van der Waals surface area (Å²) in [5.74, 6) is 0.970. The zero-order valence-corrected chi connectivity index (χ0v) is 17.7. The third-order valence-electron chi connectivity index (χ3n) is 5.97. The van der Waals surface area contributed by atoms with Crippen LogP contribution in [0.3, 0.4) is 0 Å². The van der Waals surface area contributed by atoms with Crippen molar-refractivity contribution in [1.29, 1.82) is 5.26 Å². The predicted molar refractivity (Wildman–Crippen MR) is 117 cm³/mol. The zero-order chi connectivity index (χ0) is 22.0. The molecule has 7 nitrogen and oxygen atoms in total. The van der Waals surface area contributed by atoms with Gasteiger partial charge in [-0.25, -0.2) is 4.98 Å². The number of carbonyl (C=O) groups excluding carboxylic acids is 1. The topological polar surface area (TPSA) is 104 Å². The van der Waals surface area contributed by atoms with Gasteiger partial charge in [0, 0.05) is 12.2 Å². The van der Waals surface area contributed by atoms with Gasteiger partial charge in [-0.05, 0) is 73.9 Å². The van der Waals surface area contributed by atoms with E-state index in [0.29, 0.717) is 22.5 Å². The molecule has 0 unspecified atom stereocenters. The van der Waals surface area contributed by atoms with Gasteiger partial charge in [-0.2, -0.15) is 15.0 Å². The molecule has 2 aromatic heterocycles. The third kappa shape index (κ3) is 4.29. The lowest BCUT2D eigenvalue weighted by Gasteiger charge is -2.26. The normalized spacial score (nSPS) is 18.4. The molecule has 3 aromatic rings. The van der Waals surface area contributed by atoms with Crippen LogP contribution in [-0.2, 0) is 0 Å². The van der Waals surface area contributed by atoms with Crippen LogP contribution in [0.25, 0.3) is 16.9 Å². The number of aromatic hydroxyl groups is 1. The highest BCUT2D eigenvalue weighted by atomic mass is 16.3. The molecule has 1 aromatic carbocycles. The Hall–Kier alpha value is -3.66. The number of nitrogens with zero attached hydrogens (tertiary/aromatic N) is 4. The summed E-state index contributed by atoms with van der Waals surface area (Å²) < 4.78 is 1.33. The van der Waals surface area contributed by atoms with Gasteiger partial charge in [-0.15, -0.1) is 0 Å². The average Bonchev–Trinajstić information content (AvgIpc) is 3.16. The molecular weight excluding hydrogens is 390 g/mol. The number of aromatic nitrogens is 3. The van der Waals surface area contributed by atoms with E-state index in [0.717, 1.165) is 42.7 Å². The monoisotopic (exact) mass is 415 g/mol. The Labute approximate surface area is 181 Å². The van der Waals surface area contributed by atoms with Crippen LogP contribution >= 0.6 is 0 Å². The van der Waals surface area contributed by atoms with Crippen LogP contribution in [0.1, 0.15) is 54.1 Å². The number of hydrogen-bond acceptors (Lipinski definition) is 5. The summed E-state index contributed by atoms with van der Waals surface area (Å²) in [5.41, 5.74) is 3.26. The van der Waals surface area contributed by atoms with Gasteiger partial charge in [0.1, 0.15) is 0 Å². The van der Waals surface area contributed by atoms with Gasteiger partial charge in [0.2, 0.25) is 5.88 Å². The molecule has 0 aliphatic heterocycles. The number of hydrogen-bond donors (Lipinski definition) is 2. The zero-order valence-electron chi connectivity index (χ0n) is 17.7. The Kier molecular flexibility index (Phi) is 5.72. The molecule has 1 aliphatic rings. The lowest BCUT2D eigenvalue weighted by Crippen LogP contribution is -2.37. The van der Waals surface area contributed by atoms with Crippen molar-refractivity contribution in [2.45, 2.75) is 45.6 Å². The lowest BCUT2D eigenvalue weighted by atomic mass is 9.87. The van der Waals surface area contributed by atoms with Gasteiger partial charge < -0.3 is 10.4 Å². The van der Waals surface area contributed by atoms with E-state index in [2.05, 4.69) is 28.4 Å². The number of nitrogens with one attached hydrogen (secondary N) is 1. The molecule has 0 spiro atoms. The van der Waals surface area contributed by atoms with Gasteiger partial charge >= 0.3 is 0 Å². The van der Waals surface area contributed by atoms with E-state index in [-0.39, 0.29) is 17.8 Å². The fourth-order valence-corrected chi connectivity index (χ4v) is 4.05. The van der Waals surface area contributed by atoms with Gasteiger partial charge in [0.05, 0.1) is 29.0 Å². The summed E-state index contributed by atoms with van der Waals surface area (Å²) in [6.45, 7) is 4.13. The minimum atomic E-state index is -0.128. The molecule has 0 radical (unpaired) electrons. The van der Waals surface area contributed by atoms with E-state index in [1.807, 2.05) is 6.92 Å². The molecule has 1 amide bonds. The molecule has 4 rings (SSSR count). The van der Waals surface area contributed by atoms with Crippen LogP contribution in [0, 0.1) is 24.2 Å². The van der Waals surface area contributed by atoms with Crippen LogP contribution < -0.4 is 5.32 Å². The summed E-state index contributed by atoms with van der Waals surface area (Å²) in [6.07, 6.45) is 7.37. The molecule has 0 bridgehead atoms. The Morgan fingerprint density at radius 3 is 2.58 bits per heavy atom. The molecule has 0 saturated heterocycles. The molecule has 31 heavy (non-hydrogen) atoms. The molecule has 1 fully saturated rings. The van der Waals surface area contributed by atoms with Crippen LogP contribution in [0.15, 0.2) is 42.7 Å². The van der Waals surface area contributed by atoms with Gasteiger partial charge in [0.15, 0.2) is 5.82 Å². The maximum atomic E-state index is 12.5. The maximum absolute atomic E-state index is 12.5. The fourth-order valence-electron chi connectivity index (χ4n) is 4.05. The summed E-state index contributed by atoms with van der Waals surface area (Å²) >= 11 is 0. The van der Waals surface area contributed by atoms with Crippen LogP contribution in [0.5, 0.6) is 5.88 Å². The largest absolute Gasteiger partial charge is 0.493 e. The lowest BCUT2D eigenvalue weighted by molar-refractivity contribution is 0.0922. The molecular formula is C24H25N5O2. The van der Waals surface area contributed by atoms with Gasteiger partial charge in [0.25, 0.3) is 5.91 Å². The van der Waals surface area contributed by atoms with Crippen molar-refractivity contribution in [2.75, 3.05) is 0 Å². The number of aryl methyl sites for hydroxylation is 1. The first-order valence-electron chi connectivity index (χ1n) is 10.5. The minimum absolute atomic E-state index is 0.0474. The molecule has 1 saturated carbocycles. The summed E-state index contributed by atoms with van der Waals surface area (Å²) in [5, 5.41) is 27.1. The second-order valence-corrected chi connectivity index (χ2v) is 8.27. The van der Waals surface area contributed by atoms with Crippen molar-refractivity contribution in [3.8, 4) is 28.9 Å². The summed E-state index contributed by atoms with van der Waals surface area (Å²) in [7, 11) is 0. The van der Waals surface area contributed by atoms with E-state index in [9.17, 15) is 9.90 Å². The van der Waals surface area contributed by atoms with Crippen molar-refractivity contribution in [2.24, 2.45) is 5.92 Å². The summed E-state index contributed by atoms with van der Waals surface area (Å²) in [6, 6.07) is 11.0. The second-order valence-electron chi connectivity index (χ2n) is 8.27. The first-order chi connectivity index (χ1) is 15.0. The van der Waals surface area contributed by atoms with Crippen molar-refractivity contribution in [3.05, 3.63) is 59.4 Å². The Bertz CT molecular complexity index is 1140. The molecule has 2 N–H and O–H groups in total. The number of pyridine rings is 1. The average molecular weight is 415 g/mol. The second kappa shape index (κ2) is 8.60. The van der Waals surface area contributed by atoms with Crippen LogP contribution in [0.4, 0.5) is 0 Å². The Morgan fingerprint density at radius 2 is 1.94 bits per heavy atom. The van der Waals surface area contributed by atoms with Crippen LogP contribution in [-0.4, -0.2) is 31.8 Å². The van der Waals surface area contributed by atoms with E-state index >= 15 is 0 Å². The predicted octanol–water partition coefficient (Wildman–Crippen LogP) is 4.13. The fraction of sp³-hybridized carbons (Fsp3) is 0.333. The first kappa shape index (κ1) is 20.6. The SMILES string of the molecule is Cc1cc(C#N)ccc1-c1cnn(-c2ccc(C(=O)NC3CCC(C)CC3)cn2)c1O. The highest BCUT2D eigenvalue weighted by molar-refractivity contribution is 5.94. The van der Waals surface area contributed by atoms with E-state index < -0.39 is 0 Å². The van der Waals surface area contributed by atoms with Crippen molar-refractivity contribution < 1.29 is 9.90 Å². The number of rotatable bonds is 4. The van der Waals surface area contributed by atoms with E-state index in [1.54, 1.807) is 36.5 Å². The van der Waals surface area contributed by atoms with Crippen molar-refractivity contribution in [1.82, 2.24) is 20.1 Å². The quantitative estimate of drug-likeness (QED) is 0.667. The van der Waals surface area contributed by atoms with Gasteiger partial charge in [-0.1, -0.05) is 13.0 Å². The minimum Gasteiger partial charge on any atom is -0.493 e. The summed E-state index contributed by atoms with van der Waals surface area (Å²) in [4.78, 5) is 16.9. The standard InChI is InChI=1S/C24H25N5O2/c1-15-3-7-19(8-4-15)28-23(30)18-6-10-22(26-13-18)29-24(31)21(14-27-29)20-9-5-17(12-25)11-16(20)2/h5-6,9-11,13-15,19,31H,3-4,7-8H2,1-2H3,(H,28,30). The Morgan fingerprint density at radius 1 is 1.16 bits per heavy atom.